The standard InChI is InChI=1S/C24H21N3O3S/c1-30-19-9-7-17(8-10-19)21-11-12-22(31-21)24(29)26-20(15-27-14-13-25-16-27)23(28)18-5-3-2-4-6-18/h2-14,16,20H,15H2,1H3,(H,26,29). The van der Waals surface area contributed by atoms with Crippen LogP contribution in [0.25, 0.3) is 10.4 Å². The van der Waals surface area contributed by atoms with E-state index in [1.54, 1.807) is 48.6 Å². The maximum atomic E-state index is 13.1. The van der Waals surface area contributed by atoms with Gasteiger partial charge >= 0.3 is 0 Å². The molecule has 7 heteroatoms. The van der Waals surface area contributed by atoms with Crippen molar-refractivity contribution in [3.63, 3.8) is 0 Å². The number of benzene rings is 2. The van der Waals surface area contributed by atoms with Crippen LogP contribution in [-0.2, 0) is 6.54 Å². The maximum absolute atomic E-state index is 13.1. The summed E-state index contributed by atoms with van der Waals surface area (Å²) in [7, 11) is 1.62. The number of nitrogens with zero attached hydrogens (tertiary/aromatic N) is 2. The SMILES string of the molecule is COc1ccc(-c2ccc(C(=O)NC(Cn3ccnc3)C(=O)c3ccccc3)s2)cc1. The second kappa shape index (κ2) is 9.40. The molecule has 0 spiro atoms. The number of methoxy groups -OCH3 is 1. The van der Waals surface area contributed by atoms with Gasteiger partial charge in [-0.15, -0.1) is 11.3 Å². The number of nitrogens with one attached hydrogen (secondary N) is 1. The maximum Gasteiger partial charge on any atom is 0.262 e. The first-order valence-corrected chi connectivity index (χ1v) is 10.6. The highest BCUT2D eigenvalue weighted by Crippen LogP contribution is 2.29. The summed E-state index contributed by atoms with van der Waals surface area (Å²) in [5.41, 5.74) is 1.55. The monoisotopic (exact) mass is 431 g/mol. The minimum atomic E-state index is -0.712. The van der Waals surface area contributed by atoms with Gasteiger partial charge in [0.15, 0.2) is 5.78 Å². The number of hydrogen-bond donors (Lipinski definition) is 1. The lowest BCUT2D eigenvalue weighted by atomic mass is 10.0. The molecule has 0 bridgehead atoms. The molecule has 1 unspecified atom stereocenters. The molecule has 0 radical (unpaired) electrons. The zero-order valence-corrected chi connectivity index (χ0v) is 17.7. The molecule has 0 saturated heterocycles. The van der Waals surface area contributed by atoms with Crippen molar-refractivity contribution in [2.24, 2.45) is 0 Å². The number of hydrogen-bond acceptors (Lipinski definition) is 5. The van der Waals surface area contributed by atoms with Gasteiger partial charge in [-0.2, -0.15) is 0 Å². The van der Waals surface area contributed by atoms with Crippen LogP contribution >= 0.6 is 11.3 Å². The van der Waals surface area contributed by atoms with Gasteiger partial charge in [0, 0.05) is 22.8 Å². The Morgan fingerprint density at radius 3 is 2.52 bits per heavy atom. The van der Waals surface area contributed by atoms with E-state index in [9.17, 15) is 9.59 Å². The Bertz CT molecular complexity index is 1150. The Morgan fingerprint density at radius 2 is 1.84 bits per heavy atom. The quantitative estimate of drug-likeness (QED) is 0.422. The van der Waals surface area contributed by atoms with Gasteiger partial charge in [0.25, 0.3) is 5.91 Å². The molecule has 1 N–H and O–H groups in total. The van der Waals surface area contributed by atoms with E-state index in [0.717, 1.165) is 16.2 Å². The van der Waals surface area contributed by atoms with Crippen LogP contribution in [0.1, 0.15) is 20.0 Å². The van der Waals surface area contributed by atoms with Crippen LogP contribution < -0.4 is 10.1 Å². The highest BCUT2D eigenvalue weighted by molar-refractivity contribution is 7.17. The summed E-state index contributed by atoms with van der Waals surface area (Å²) in [4.78, 5) is 31.6. The molecule has 4 rings (SSSR count). The Balaban J connectivity index is 1.53. The molecule has 6 nitrogen and oxygen atoms in total. The van der Waals surface area contributed by atoms with Crippen molar-refractivity contribution in [1.29, 1.82) is 0 Å². The third-order valence-electron chi connectivity index (χ3n) is 4.84. The van der Waals surface area contributed by atoms with Crippen LogP contribution in [0.15, 0.2) is 85.5 Å². The molecular weight excluding hydrogens is 410 g/mol. The van der Waals surface area contributed by atoms with E-state index in [2.05, 4.69) is 10.3 Å². The van der Waals surface area contributed by atoms with Crippen molar-refractivity contribution in [3.05, 3.63) is 95.9 Å². The number of thiophene rings is 1. The van der Waals surface area contributed by atoms with Crippen LogP contribution in [0, 0.1) is 0 Å². The first-order chi connectivity index (χ1) is 15.1. The van der Waals surface area contributed by atoms with E-state index < -0.39 is 6.04 Å². The number of carbonyl (C=O) groups is 2. The Hall–Kier alpha value is -3.71. The molecule has 2 aromatic heterocycles. The fourth-order valence-corrected chi connectivity index (χ4v) is 4.12. The fourth-order valence-electron chi connectivity index (χ4n) is 3.20. The lowest BCUT2D eigenvalue weighted by Gasteiger charge is -2.18. The first kappa shape index (κ1) is 20.6. The van der Waals surface area contributed by atoms with Crippen LogP contribution in [0.3, 0.4) is 0 Å². The predicted octanol–water partition coefficient (Wildman–Crippen LogP) is 4.30. The third kappa shape index (κ3) is 4.90. The average molecular weight is 432 g/mol. The summed E-state index contributed by atoms with van der Waals surface area (Å²) in [6, 6.07) is 19.6. The van der Waals surface area contributed by atoms with Crippen LogP contribution in [0.4, 0.5) is 0 Å². The number of rotatable bonds is 8. The molecular formula is C24H21N3O3S. The number of ether oxygens (including phenoxy) is 1. The highest BCUT2D eigenvalue weighted by Gasteiger charge is 2.24. The zero-order valence-electron chi connectivity index (χ0n) is 16.9. The van der Waals surface area contributed by atoms with Crippen LogP contribution in [0.2, 0.25) is 0 Å². The van der Waals surface area contributed by atoms with Crippen LogP contribution in [0.5, 0.6) is 5.75 Å². The minimum absolute atomic E-state index is 0.144. The Morgan fingerprint density at radius 1 is 1.06 bits per heavy atom. The summed E-state index contributed by atoms with van der Waals surface area (Å²) in [6.07, 6.45) is 5.04. The fraction of sp³-hybridized carbons (Fsp3) is 0.125. The second-order valence-electron chi connectivity index (χ2n) is 6.91. The molecule has 4 aromatic rings. The lowest BCUT2D eigenvalue weighted by molar-refractivity contribution is 0.0850. The second-order valence-corrected chi connectivity index (χ2v) is 7.99. The minimum Gasteiger partial charge on any atom is -0.497 e. The van der Waals surface area contributed by atoms with Gasteiger partial charge < -0.3 is 14.6 Å². The molecule has 1 atom stereocenters. The van der Waals surface area contributed by atoms with E-state index in [1.165, 1.54) is 11.3 Å². The number of amides is 1. The summed E-state index contributed by atoms with van der Waals surface area (Å²) < 4.78 is 6.98. The van der Waals surface area contributed by atoms with Crippen molar-refractivity contribution in [3.8, 4) is 16.2 Å². The number of carbonyl (C=O) groups excluding carboxylic acids is 2. The molecule has 0 fully saturated rings. The van der Waals surface area contributed by atoms with Gasteiger partial charge in [0.05, 0.1) is 24.9 Å². The Kier molecular flexibility index (Phi) is 6.24. The number of imidazole rings is 1. The van der Waals surface area contributed by atoms with Gasteiger partial charge in [0.1, 0.15) is 11.8 Å². The van der Waals surface area contributed by atoms with Gasteiger partial charge in [-0.25, -0.2) is 4.98 Å². The van der Waals surface area contributed by atoms with Gasteiger partial charge in [-0.05, 0) is 42.0 Å². The van der Waals surface area contributed by atoms with E-state index in [4.69, 9.17) is 4.74 Å². The van der Waals surface area contributed by atoms with Crippen molar-refractivity contribution in [1.82, 2.24) is 14.9 Å². The summed E-state index contributed by atoms with van der Waals surface area (Å²) in [5.74, 6) is 0.355. The molecule has 0 saturated carbocycles. The van der Waals surface area contributed by atoms with E-state index in [0.29, 0.717) is 17.0 Å². The normalized spacial score (nSPS) is 11.6. The van der Waals surface area contributed by atoms with Gasteiger partial charge in [-0.1, -0.05) is 30.3 Å². The van der Waals surface area contributed by atoms with Crippen molar-refractivity contribution in [2.75, 3.05) is 7.11 Å². The molecule has 2 aromatic carbocycles. The summed E-state index contributed by atoms with van der Waals surface area (Å²) in [5, 5.41) is 2.91. The molecule has 0 aliphatic rings. The Labute approximate surface area is 184 Å². The van der Waals surface area contributed by atoms with Crippen molar-refractivity contribution >= 4 is 23.0 Å². The lowest BCUT2D eigenvalue weighted by Crippen LogP contribution is -2.43. The van der Waals surface area contributed by atoms with E-state index in [1.807, 2.05) is 48.5 Å². The van der Waals surface area contributed by atoms with E-state index in [-0.39, 0.29) is 11.7 Å². The van der Waals surface area contributed by atoms with Crippen molar-refractivity contribution in [2.45, 2.75) is 12.6 Å². The first-order valence-electron chi connectivity index (χ1n) is 9.74. The zero-order chi connectivity index (χ0) is 21.6. The molecule has 0 aliphatic heterocycles. The van der Waals surface area contributed by atoms with E-state index >= 15 is 0 Å². The largest absolute Gasteiger partial charge is 0.497 e. The van der Waals surface area contributed by atoms with Crippen molar-refractivity contribution < 1.29 is 14.3 Å². The number of ketones is 1. The number of Topliss-reactive ketones (excluding diaryl/α,β-unsaturated/α-hetero) is 1. The smallest absolute Gasteiger partial charge is 0.262 e. The van der Waals surface area contributed by atoms with Gasteiger partial charge in [0.2, 0.25) is 0 Å². The third-order valence-corrected chi connectivity index (χ3v) is 5.97. The molecule has 2 heterocycles. The molecule has 31 heavy (non-hydrogen) atoms. The highest BCUT2D eigenvalue weighted by atomic mass is 32.1. The van der Waals surface area contributed by atoms with Crippen LogP contribution in [-0.4, -0.2) is 34.4 Å². The van der Waals surface area contributed by atoms with Gasteiger partial charge in [-0.3, -0.25) is 9.59 Å². The predicted molar refractivity (Wildman–Crippen MR) is 121 cm³/mol. The number of aromatic nitrogens is 2. The molecule has 0 aliphatic carbocycles. The summed E-state index contributed by atoms with van der Waals surface area (Å²) >= 11 is 1.38. The summed E-state index contributed by atoms with van der Waals surface area (Å²) in [6.45, 7) is 0.302. The average Bonchev–Trinajstić information content (AvgIpc) is 3.51. The molecule has 1 amide bonds. The molecule has 156 valence electrons. The topological polar surface area (TPSA) is 73.2 Å².